The van der Waals surface area contributed by atoms with E-state index in [0.29, 0.717) is 25.7 Å². The zero-order chi connectivity index (χ0) is 18.6. The molecular weight excluding hydrogens is 374 g/mol. The van der Waals surface area contributed by atoms with Crippen molar-refractivity contribution in [1.29, 1.82) is 0 Å². The van der Waals surface area contributed by atoms with Crippen LogP contribution in [0.15, 0.2) is 30.3 Å². The standard InChI is InChI=1S/C16H13Cl2FN2O4/c17-12-6-5-10(7-15(12)20(22)23)3-1-2-4-11-8-16(21(24)25)13(18)9-14(11)19/h5-9H,1-4H2. The molecule has 9 heteroatoms. The molecule has 2 rings (SSSR count). The summed E-state index contributed by atoms with van der Waals surface area (Å²) in [6, 6.07) is 6.67. The van der Waals surface area contributed by atoms with E-state index in [1.165, 1.54) is 12.1 Å². The maximum Gasteiger partial charge on any atom is 0.288 e. The van der Waals surface area contributed by atoms with Crippen LogP contribution in [-0.2, 0) is 12.8 Å². The summed E-state index contributed by atoms with van der Waals surface area (Å²) >= 11 is 11.4. The molecule has 0 atom stereocenters. The van der Waals surface area contributed by atoms with Crippen molar-refractivity contribution >= 4 is 34.6 Å². The first-order valence-electron chi connectivity index (χ1n) is 7.34. The average molecular weight is 387 g/mol. The van der Waals surface area contributed by atoms with Crippen molar-refractivity contribution in [2.45, 2.75) is 25.7 Å². The minimum Gasteiger partial charge on any atom is -0.258 e. The molecule has 0 unspecified atom stereocenters. The van der Waals surface area contributed by atoms with Crippen LogP contribution in [0.2, 0.25) is 10.0 Å². The van der Waals surface area contributed by atoms with Crippen molar-refractivity contribution in [2.75, 3.05) is 0 Å². The SMILES string of the molecule is O=[N+]([O-])c1cc(CCCCc2cc([N+](=O)[O-])c(Cl)cc2F)ccc1Cl. The highest BCUT2D eigenvalue weighted by Crippen LogP contribution is 2.29. The van der Waals surface area contributed by atoms with Crippen LogP contribution in [0.4, 0.5) is 15.8 Å². The van der Waals surface area contributed by atoms with Gasteiger partial charge in [-0.2, -0.15) is 0 Å². The average Bonchev–Trinajstić information content (AvgIpc) is 2.53. The Bertz CT molecular complexity index is 830. The highest BCUT2D eigenvalue weighted by atomic mass is 35.5. The molecule has 2 aromatic rings. The number of halogens is 3. The van der Waals surface area contributed by atoms with Crippen molar-refractivity contribution in [3.8, 4) is 0 Å². The first kappa shape index (κ1) is 19.1. The normalized spacial score (nSPS) is 10.7. The number of hydrogen-bond acceptors (Lipinski definition) is 4. The number of unbranched alkanes of at least 4 members (excludes halogenated alkanes) is 1. The van der Waals surface area contributed by atoms with Crippen LogP contribution in [0.5, 0.6) is 0 Å². The molecule has 0 N–H and O–H groups in total. The third-order valence-electron chi connectivity index (χ3n) is 3.68. The third kappa shape index (κ3) is 4.87. The fraction of sp³-hybridized carbons (Fsp3) is 0.250. The van der Waals surface area contributed by atoms with Crippen molar-refractivity contribution in [2.24, 2.45) is 0 Å². The second-order valence-corrected chi connectivity index (χ2v) is 6.22. The summed E-state index contributed by atoms with van der Waals surface area (Å²) in [5, 5.41) is 21.5. The van der Waals surface area contributed by atoms with E-state index in [9.17, 15) is 24.6 Å². The lowest BCUT2D eigenvalue weighted by Crippen LogP contribution is -1.97. The van der Waals surface area contributed by atoms with Crippen molar-refractivity contribution in [1.82, 2.24) is 0 Å². The van der Waals surface area contributed by atoms with Gasteiger partial charge in [0.15, 0.2) is 0 Å². The molecule has 2 aromatic carbocycles. The van der Waals surface area contributed by atoms with E-state index in [2.05, 4.69) is 0 Å². The molecule has 0 aliphatic carbocycles. The molecule has 0 aliphatic heterocycles. The van der Waals surface area contributed by atoms with Crippen LogP contribution in [0.25, 0.3) is 0 Å². The van der Waals surface area contributed by atoms with Gasteiger partial charge in [0.05, 0.1) is 9.85 Å². The molecule has 6 nitrogen and oxygen atoms in total. The minimum absolute atomic E-state index is 0.0734. The summed E-state index contributed by atoms with van der Waals surface area (Å²) < 4.78 is 13.8. The van der Waals surface area contributed by atoms with Crippen LogP contribution in [0, 0.1) is 26.0 Å². The van der Waals surface area contributed by atoms with Gasteiger partial charge < -0.3 is 0 Å². The van der Waals surface area contributed by atoms with Crippen LogP contribution < -0.4 is 0 Å². The molecule has 0 aliphatic rings. The molecule has 0 aromatic heterocycles. The van der Waals surface area contributed by atoms with E-state index < -0.39 is 15.7 Å². The Hall–Kier alpha value is -2.25. The Kier molecular flexibility index (Phi) is 6.27. The van der Waals surface area contributed by atoms with Gasteiger partial charge in [-0.15, -0.1) is 0 Å². The molecule has 0 heterocycles. The van der Waals surface area contributed by atoms with Crippen molar-refractivity contribution in [3.05, 3.63) is 77.5 Å². The Morgan fingerprint density at radius 2 is 1.48 bits per heavy atom. The highest BCUT2D eigenvalue weighted by Gasteiger charge is 2.17. The number of nitro benzene ring substituents is 2. The molecule has 0 saturated heterocycles. The number of hydrogen-bond donors (Lipinski definition) is 0. The van der Waals surface area contributed by atoms with E-state index in [1.54, 1.807) is 6.07 Å². The van der Waals surface area contributed by atoms with Crippen LogP contribution in [0.1, 0.15) is 24.0 Å². The summed E-state index contributed by atoms with van der Waals surface area (Å²) in [6.45, 7) is 0. The number of rotatable bonds is 7. The van der Waals surface area contributed by atoms with Gasteiger partial charge in [-0.3, -0.25) is 20.2 Å². The molecule has 0 bridgehead atoms. The highest BCUT2D eigenvalue weighted by molar-refractivity contribution is 6.33. The Balaban J connectivity index is 1.98. The predicted octanol–water partition coefficient (Wildman–Crippen LogP) is 5.51. The number of nitrogens with zero attached hydrogens (tertiary/aromatic N) is 2. The smallest absolute Gasteiger partial charge is 0.258 e. The molecule has 0 fully saturated rings. The van der Waals surface area contributed by atoms with Gasteiger partial charge in [0.25, 0.3) is 11.4 Å². The first-order chi connectivity index (χ1) is 11.8. The predicted molar refractivity (Wildman–Crippen MR) is 92.8 cm³/mol. The molecule has 0 spiro atoms. The fourth-order valence-corrected chi connectivity index (χ4v) is 2.82. The monoisotopic (exact) mass is 386 g/mol. The fourth-order valence-electron chi connectivity index (χ4n) is 2.41. The molecule has 0 amide bonds. The number of benzene rings is 2. The Morgan fingerprint density at radius 3 is 2.12 bits per heavy atom. The van der Waals surface area contributed by atoms with Gasteiger partial charge in [0.2, 0.25) is 0 Å². The van der Waals surface area contributed by atoms with Gasteiger partial charge in [0.1, 0.15) is 15.9 Å². The van der Waals surface area contributed by atoms with E-state index in [-0.39, 0.29) is 27.0 Å². The van der Waals surface area contributed by atoms with Gasteiger partial charge in [-0.1, -0.05) is 29.3 Å². The van der Waals surface area contributed by atoms with Crippen LogP contribution in [0.3, 0.4) is 0 Å². The van der Waals surface area contributed by atoms with Gasteiger partial charge >= 0.3 is 0 Å². The van der Waals surface area contributed by atoms with E-state index in [0.717, 1.165) is 17.7 Å². The Morgan fingerprint density at radius 1 is 0.880 bits per heavy atom. The van der Waals surface area contributed by atoms with Crippen molar-refractivity contribution in [3.63, 3.8) is 0 Å². The van der Waals surface area contributed by atoms with E-state index in [1.807, 2.05) is 0 Å². The summed E-state index contributed by atoms with van der Waals surface area (Å²) in [6.07, 6.45) is 2.05. The van der Waals surface area contributed by atoms with Crippen LogP contribution >= 0.6 is 23.2 Å². The summed E-state index contributed by atoms with van der Waals surface area (Å²) in [5.74, 6) is -0.585. The first-order valence-corrected chi connectivity index (χ1v) is 8.10. The second kappa shape index (κ2) is 8.22. The largest absolute Gasteiger partial charge is 0.288 e. The molecule has 25 heavy (non-hydrogen) atoms. The maximum atomic E-state index is 13.8. The lowest BCUT2D eigenvalue weighted by Gasteiger charge is -2.06. The van der Waals surface area contributed by atoms with Gasteiger partial charge in [-0.05, 0) is 48.9 Å². The lowest BCUT2D eigenvalue weighted by atomic mass is 10.0. The molecule has 132 valence electrons. The Labute approximate surface area is 152 Å². The third-order valence-corrected chi connectivity index (χ3v) is 4.30. The van der Waals surface area contributed by atoms with Gasteiger partial charge in [-0.25, -0.2) is 4.39 Å². The zero-order valence-electron chi connectivity index (χ0n) is 12.9. The topological polar surface area (TPSA) is 86.3 Å². The number of nitro groups is 2. The van der Waals surface area contributed by atoms with Crippen LogP contribution in [-0.4, -0.2) is 9.85 Å². The van der Waals surface area contributed by atoms with Gasteiger partial charge in [0, 0.05) is 12.1 Å². The minimum atomic E-state index is -0.655. The molecule has 0 radical (unpaired) electrons. The summed E-state index contributed by atoms with van der Waals surface area (Å²) in [4.78, 5) is 20.5. The molecular formula is C16H13Cl2FN2O4. The molecule has 0 saturated carbocycles. The maximum absolute atomic E-state index is 13.8. The van der Waals surface area contributed by atoms with E-state index >= 15 is 0 Å². The lowest BCUT2D eigenvalue weighted by molar-refractivity contribution is -0.384. The summed E-state index contributed by atoms with van der Waals surface area (Å²) in [5.41, 5.74) is 0.488. The number of aryl methyl sites for hydroxylation is 2. The van der Waals surface area contributed by atoms with Crippen molar-refractivity contribution < 1.29 is 14.2 Å². The van der Waals surface area contributed by atoms with E-state index in [4.69, 9.17) is 23.2 Å². The zero-order valence-corrected chi connectivity index (χ0v) is 14.4. The quantitative estimate of drug-likeness (QED) is 0.356. The second-order valence-electron chi connectivity index (χ2n) is 5.40. The summed E-state index contributed by atoms with van der Waals surface area (Å²) in [7, 11) is 0.